The molecule has 0 bridgehead atoms. The van der Waals surface area contributed by atoms with Gasteiger partial charge in [-0.15, -0.1) is 0 Å². The van der Waals surface area contributed by atoms with Gasteiger partial charge in [0.05, 0.1) is 0 Å². The number of hydrogen-bond donors (Lipinski definition) is 1. The minimum atomic E-state index is -2.82. The van der Waals surface area contributed by atoms with Crippen LogP contribution in [0.4, 0.5) is 0 Å². The molecule has 0 amide bonds. The third-order valence-corrected chi connectivity index (χ3v) is 2.10. The quantitative estimate of drug-likeness (QED) is 0.722. The van der Waals surface area contributed by atoms with E-state index in [2.05, 4.69) is 4.18 Å². The van der Waals surface area contributed by atoms with Gasteiger partial charge >= 0.3 is 0 Å². The summed E-state index contributed by atoms with van der Waals surface area (Å²) in [4.78, 5) is 0. The molecule has 0 aliphatic heterocycles. The molecule has 0 aliphatic carbocycles. The van der Waals surface area contributed by atoms with E-state index in [4.69, 9.17) is 0 Å². The van der Waals surface area contributed by atoms with Crippen molar-refractivity contribution in [1.29, 1.82) is 0 Å². The lowest BCUT2D eigenvalue weighted by Gasteiger charge is -2.07. The van der Waals surface area contributed by atoms with Gasteiger partial charge in [-0.1, -0.05) is 17.7 Å². The lowest BCUT2D eigenvalue weighted by Crippen LogP contribution is -1.95. The van der Waals surface area contributed by atoms with Crippen LogP contribution in [0.5, 0.6) is 5.75 Å². The highest BCUT2D eigenvalue weighted by Crippen LogP contribution is 2.24. The van der Waals surface area contributed by atoms with Crippen molar-refractivity contribution in [3.63, 3.8) is 0 Å². The van der Waals surface area contributed by atoms with Gasteiger partial charge in [0.15, 0.2) is 0 Å². The maximum atomic E-state index is 10.4. The van der Waals surface area contributed by atoms with Gasteiger partial charge in [-0.05, 0) is 31.9 Å². The fraction of sp³-hybridized carbons (Fsp3) is 0.333. The lowest BCUT2D eigenvalue weighted by atomic mass is 10.1. The predicted octanol–water partition coefficient (Wildman–Crippen LogP) is -0.132. The van der Waals surface area contributed by atoms with Gasteiger partial charge in [-0.3, -0.25) is 0 Å². The highest BCUT2D eigenvalue weighted by atomic mass is 32.2. The molecular weight excluding hydrogens is 220 g/mol. The van der Waals surface area contributed by atoms with Crippen LogP contribution in [0.2, 0.25) is 0 Å². The molecule has 4 N–H and O–H groups in total. The normalized spacial score (nSPS) is 9.07. The molecule has 0 atom stereocenters. The van der Waals surface area contributed by atoms with Crippen LogP contribution in [0.25, 0.3) is 0 Å². The standard InChI is InChI=1S/C9H12O3S.2H2O/c1-6-4-7(2)9(8(3)5-6)12-13(10)11;;/h4-5,13H,1-3H3;2*1H2. The molecule has 0 fully saturated rings. The van der Waals surface area contributed by atoms with Gasteiger partial charge < -0.3 is 15.1 Å². The molecule has 1 aromatic carbocycles. The van der Waals surface area contributed by atoms with Crippen LogP contribution >= 0.6 is 0 Å². The number of rotatable bonds is 2. The molecule has 0 unspecified atom stereocenters. The molecule has 1 aromatic rings. The van der Waals surface area contributed by atoms with E-state index in [-0.39, 0.29) is 11.0 Å². The van der Waals surface area contributed by atoms with Crippen LogP contribution in [-0.2, 0) is 11.0 Å². The summed E-state index contributed by atoms with van der Waals surface area (Å²) in [6, 6.07) is 3.78. The maximum absolute atomic E-state index is 10.4. The van der Waals surface area contributed by atoms with Gasteiger partial charge in [0.2, 0.25) is 0 Å². The zero-order valence-electron chi connectivity index (χ0n) is 8.83. The molecule has 0 aromatic heterocycles. The Morgan fingerprint density at radius 3 is 1.73 bits per heavy atom. The molecule has 5 nitrogen and oxygen atoms in total. The molecule has 0 aliphatic rings. The lowest BCUT2D eigenvalue weighted by molar-refractivity contribution is 0.506. The molecule has 0 saturated heterocycles. The monoisotopic (exact) mass is 236 g/mol. The van der Waals surface area contributed by atoms with E-state index in [1.54, 1.807) is 0 Å². The molecular formula is C9H16O5S. The first-order chi connectivity index (χ1) is 6.00. The summed E-state index contributed by atoms with van der Waals surface area (Å²) in [5.41, 5.74) is 2.79. The van der Waals surface area contributed by atoms with E-state index >= 15 is 0 Å². The van der Waals surface area contributed by atoms with E-state index in [1.807, 2.05) is 32.9 Å². The second kappa shape index (κ2) is 6.39. The first-order valence-corrected chi connectivity index (χ1v) is 5.00. The van der Waals surface area contributed by atoms with Gasteiger partial charge in [0.25, 0.3) is 11.0 Å². The summed E-state index contributed by atoms with van der Waals surface area (Å²) in [5, 5.41) is 0. The van der Waals surface area contributed by atoms with Gasteiger partial charge in [-0.2, -0.15) is 8.42 Å². The Bertz CT molecular complexity index is 366. The Morgan fingerprint density at radius 2 is 1.40 bits per heavy atom. The van der Waals surface area contributed by atoms with Crippen LogP contribution in [0.15, 0.2) is 12.1 Å². The van der Waals surface area contributed by atoms with Crippen molar-refractivity contribution in [3.05, 3.63) is 28.8 Å². The zero-order valence-corrected chi connectivity index (χ0v) is 9.72. The van der Waals surface area contributed by atoms with Crippen LogP contribution in [0.3, 0.4) is 0 Å². The van der Waals surface area contributed by atoms with Crippen molar-refractivity contribution in [2.24, 2.45) is 0 Å². The molecule has 1 rings (SSSR count). The SMILES string of the molecule is Cc1cc(C)c(O[SH](=O)=O)c(C)c1.O.O. The fourth-order valence-electron chi connectivity index (χ4n) is 1.39. The summed E-state index contributed by atoms with van der Waals surface area (Å²) in [6.45, 7) is 5.61. The van der Waals surface area contributed by atoms with Gasteiger partial charge in [0.1, 0.15) is 5.75 Å². The third kappa shape index (κ3) is 4.28. The van der Waals surface area contributed by atoms with E-state index in [9.17, 15) is 8.42 Å². The number of aryl methyl sites for hydroxylation is 3. The summed E-state index contributed by atoms with van der Waals surface area (Å²) < 4.78 is 25.4. The van der Waals surface area contributed by atoms with Gasteiger partial charge in [-0.25, -0.2) is 0 Å². The average Bonchev–Trinajstić information content (AvgIpc) is 1.96. The Balaban J connectivity index is 0. The minimum absolute atomic E-state index is 0. The van der Waals surface area contributed by atoms with Crippen LogP contribution in [0.1, 0.15) is 16.7 Å². The summed E-state index contributed by atoms with van der Waals surface area (Å²) in [5.74, 6) is 0.446. The summed E-state index contributed by atoms with van der Waals surface area (Å²) in [7, 11) is -2.82. The van der Waals surface area contributed by atoms with Crippen LogP contribution in [0, 0.1) is 20.8 Å². The van der Waals surface area contributed by atoms with Crippen LogP contribution < -0.4 is 4.18 Å². The largest absolute Gasteiger partial charge is 0.412 e. The average molecular weight is 236 g/mol. The highest BCUT2D eigenvalue weighted by Gasteiger charge is 2.05. The van der Waals surface area contributed by atoms with Crippen molar-refractivity contribution in [2.75, 3.05) is 0 Å². The predicted molar refractivity (Wildman–Crippen MR) is 58.8 cm³/mol. The molecule has 0 spiro atoms. The Kier molecular flexibility index (Phi) is 6.95. The van der Waals surface area contributed by atoms with Crippen molar-refractivity contribution < 1.29 is 23.6 Å². The van der Waals surface area contributed by atoms with Gasteiger partial charge in [0, 0.05) is 0 Å². The smallest absolute Gasteiger partial charge is 0.299 e. The second-order valence-electron chi connectivity index (χ2n) is 3.04. The van der Waals surface area contributed by atoms with E-state index < -0.39 is 11.0 Å². The Hall–Kier alpha value is -1.11. The molecule has 0 heterocycles. The Labute approximate surface area is 90.5 Å². The summed E-state index contributed by atoms with van der Waals surface area (Å²) in [6.07, 6.45) is 0. The van der Waals surface area contributed by atoms with Crippen LogP contribution in [-0.4, -0.2) is 19.4 Å². The zero-order chi connectivity index (χ0) is 10.0. The first-order valence-electron chi connectivity index (χ1n) is 3.91. The van der Waals surface area contributed by atoms with Crippen molar-refractivity contribution in [1.82, 2.24) is 0 Å². The molecule has 88 valence electrons. The molecule has 0 saturated carbocycles. The van der Waals surface area contributed by atoms with E-state index in [0.717, 1.165) is 16.7 Å². The van der Waals surface area contributed by atoms with E-state index in [1.165, 1.54) is 0 Å². The van der Waals surface area contributed by atoms with Crippen molar-refractivity contribution in [3.8, 4) is 5.75 Å². The molecule has 0 radical (unpaired) electrons. The number of hydrogen-bond acceptors (Lipinski definition) is 3. The number of thiol groups is 1. The highest BCUT2D eigenvalue weighted by molar-refractivity contribution is 7.67. The van der Waals surface area contributed by atoms with E-state index in [0.29, 0.717) is 5.75 Å². The summed E-state index contributed by atoms with van der Waals surface area (Å²) >= 11 is 0. The topological polar surface area (TPSA) is 106 Å². The van der Waals surface area contributed by atoms with Crippen molar-refractivity contribution in [2.45, 2.75) is 20.8 Å². The van der Waals surface area contributed by atoms with Crippen molar-refractivity contribution >= 4 is 11.0 Å². The maximum Gasteiger partial charge on any atom is 0.299 e. The molecule has 6 heteroatoms. The minimum Gasteiger partial charge on any atom is -0.412 e. The fourth-order valence-corrected chi connectivity index (χ4v) is 1.82. The second-order valence-corrected chi connectivity index (χ2v) is 3.67. The first kappa shape index (κ1) is 16.3. The Morgan fingerprint density at radius 1 is 1.00 bits per heavy atom. The number of benzene rings is 1. The third-order valence-electron chi connectivity index (χ3n) is 1.77. The molecule has 15 heavy (non-hydrogen) atoms.